The van der Waals surface area contributed by atoms with Crippen molar-refractivity contribution < 1.29 is 19.1 Å². The maximum Gasteiger partial charge on any atom is 0.308 e. The minimum atomic E-state index is -0.962. The zero-order chi connectivity index (χ0) is 16.8. The lowest BCUT2D eigenvalue weighted by Gasteiger charge is -2.26. The number of anilines is 1. The summed E-state index contributed by atoms with van der Waals surface area (Å²) in [4.78, 5) is 23.3. The summed E-state index contributed by atoms with van der Waals surface area (Å²) in [6.07, 6.45) is 1.34. The third kappa shape index (κ3) is 4.30. The Hall–Kier alpha value is -2.39. The van der Waals surface area contributed by atoms with Crippen molar-refractivity contribution in [1.82, 2.24) is 0 Å². The summed E-state index contributed by atoms with van der Waals surface area (Å²) in [5.74, 6) is -0.547. The molecule has 1 atom stereocenters. The summed E-state index contributed by atoms with van der Waals surface area (Å²) in [6.45, 7) is 4.93. The van der Waals surface area contributed by atoms with E-state index in [-0.39, 0.29) is 17.2 Å². The van der Waals surface area contributed by atoms with Crippen molar-refractivity contribution in [3.05, 3.63) is 23.8 Å². The molecule has 0 fully saturated rings. The molecule has 0 saturated carbocycles. The van der Waals surface area contributed by atoms with E-state index in [1.165, 1.54) is 32.2 Å². The van der Waals surface area contributed by atoms with Crippen molar-refractivity contribution in [2.24, 2.45) is 0 Å². The summed E-state index contributed by atoms with van der Waals surface area (Å²) < 4.78 is 10.2. The van der Waals surface area contributed by atoms with E-state index < -0.39 is 11.6 Å². The quantitative estimate of drug-likeness (QED) is 0.644. The summed E-state index contributed by atoms with van der Waals surface area (Å²) in [6, 6.07) is 6.41. The molecule has 1 amide bonds. The van der Waals surface area contributed by atoms with Crippen molar-refractivity contribution in [3.63, 3.8) is 0 Å². The molecular weight excluding hydrogens is 284 g/mol. The molecule has 118 valence electrons. The number of esters is 1. The van der Waals surface area contributed by atoms with Crippen molar-refractivity contribution in [1.29, 1.82) is 5.26 Å². The van der Waals surface area contributed by atoms with Crippen LogP contribution in [0.25, 0.3) is 0 Å². The van der Waals surface area contributed by atoms with Crippen LogP contribution >= 0.6 is 0 Å². The third-order valence-corrected chi connectivity index (χ3v) is 3.28. The van der Waals surface area contributed by atoms with E-state index in [0.29, 0.717) is 12.1 Å². The summed E-state index contributed by atoms with van der Waals surface area (Å²) >= 11 is 0. The highest BCUT2D eigenvalue weighted by Crippen LogP contribution is 2.24. The number of hydrogen-bond acceptors (Lipinski definition) is 5. The number of benzene rings is 1. The van der Waals surface area contributed by atoms with Gasteiger partial charge in [-0.05, 0) is 25.5 Å². The van der Waals surface area contributed by atoms with E-state index >= 15 is 0 Å². The molecule has 6 nitrogen and oxygen atoms in total. The second-order valence-electron chi connectivity index (χ2n) is 5.05. The average Bonchev–Trinajstić information content (AvgIpc) is 2.48. The molecule has 0 saturated heterocycles. The number of amides is 1. The molecule has 0 radical (unpaired) electrons. The zero-order valence-electron chi connectivity index (χ0n) is 13.2. The largest absolute Gasteiger partial charge is 0.427 e. The topological polar surface area (TPSA) is 88.4 Å². The highest BCUT2D eigenvalue weighted by Gasteiger charge is 2.32. The number of nitrogens with one attached hydrogen (secondary N) is 1. The van der Waals surface area contributed by atoms with Gasteiger partial charge >= 0.3 is 5.97 Å². The molecular formula is C16H20N2O4. The van der Waals surface area contributed by atoms with Gasteiger partial charge in [0.25, 0.3) is 5.91 Å². The molecule has 1 aromatic rings. The number of hydrogen-bond donors (Lipinski definition) is 1. The van der Waals surface area contributed by atoms with Gasteiger partial charge in [-0.15, -0.1) is 0 Å². The van der Waals surface area contributed by atoms with Gasteiger partial charge in [0.2, 0.25) is 0 Å². The minimum Gasteiger partial charge on any atom is -0.427 e. The SMILES string of the molecule is CCC[C@@](C)(OC)C(=O)Nc1ccc(OC(C)=O)cc1C#N. The van der Waals surface area contributed by atoms with Gasteiger partial charge in [-0.1, -0.05) is 13.3 Å². The van der Waals surface area contributed by atoms with Gasteiger partial charge in [0, 0.05) is 20.1 Å². The smallest absolute Gasteiger partial charge is 0.308 e. The Kier molecular flexibility index (Phi) is 6.08. The van der Waals surface area contributed by atoms with Crippen LogP contribution in [0, 0.1) is 11.3 Å². The number of carbonyl (C=O) groups excluding carboxylic acids is 2. The fourth-order valence-corrected chi connectivity index (χ4v) is 1.99. The molecule has 22 heavy (non-hydrogen) atoms. The lowest BCUT2D eigenvalue weighted by atomic mass is 9.99. The first kappa shape index (κ1) is 17.7. The second-order valence-corrected chi connectivity index (χ2v) is 5.05. The Balaban J connectivity index is 3.00. The van der Waals surface area contributed by atoms with Crippen LogP contribution in [-0.4, -0.2) is 24.6 Å². The first-order chi connectivity index (χ1) is 10.4. The molecule has 0 bridgehead atoms. The molecule has 0 aliphatic heterocycles. The molecule has 0 aromatic heterocycles. The Bertz CT molecular complexity index is 607. The van der Waals surface area contributed by atoms with Gasteiger partial charge in [0.15, 0.2) is 0 Å². The Labute approximate surface area is 130 Å². The van der Waals surface area contributed by atoms with E-state index in [0.717, 1.165) is 6.42 Å². The predicted octanol–water partition coefficient (Wildman–Crippen LogP) is 2.63. The molecule has 0 unspecified atom stereocenters. The monoisotopic (exact) mass is 304 g/mol. The van der Waals surface area contributed by atoms with Crippen LogP contribution in [0.4, 0.5) is 5.69 Å². The maximum absolute atomic E-state index is 12.4. The highest BCUT2D eigenvalue weighted by atomic mass is 16.5. The normalized spacial score (nSPS) is 12.9. The van der Waals surface area contributed by atoms with Crippen LogP contribution in [0.2, 0.25) is 0 Å². The molecule has 6 heteroatoms. The van der Waals surface area contributed by atoms with Crippen molar-refractivity contribution >= 4 is 17.6 Å². The average molecular weight is 304 g/mol. The first-order valence-corrected chi connectivity index (χ1v) is 6.95. The summed E-state index contributed by atoms with van der Waals surface area (Å²) in [5.41, 5.74) is -0.402. The number of ether oxygens (including phenoxy) is 2. The molecule has 0 spiro atoms. The van der Waals surface area contributed by atoms with Crippen molar-refractivity contribution in [2.75, 3.05) is 12.4 Å². The lowest BCUT2D eigenvalue weighted by molar-refractivity contribution is -0.136. The van der Waals surface area contributed by atoms with Gasteiger partial charge in [-0.25, -0.2) is 0 Å². The van der Waals surface area contributed by atoms with Gasteiger partial charge in [0.1, 0.15) is 17.4 Å². The molecule has 0 aliphatic rings. The first-order valence-electron chi connectivity index (χ1n) is 6.95. The number of rotatable bonds is 6. The van der Waals surface area contributed by atoms with Crippen LogP contribution in [0.15, 0.2) is 18.2 Å². The molecule has 1 aromatic carbocycles. The molecule has 1 rings (SSSR count). The highest BCUT2D eigenvalue weighted by molar-refractivity contribution is 5.98. The van der Waals surface area contributed by atoms with E-state index in [1.54, 1.807) is 6.92 Å². The van der Waals surface area contributed by atoms with Crippen LogP contribution in [-0.2, 0) is 14.3 Å². The number of nitriles is 1. The zero-order valence-corrected chi connectivity index (χ0v) is 13.2. The van der Waals surface area contributed by atoms with E-state index in [1.807, 2.05) is 13.0 Å². The standard InChI is InChI=1S/C16H20N2O4/c1-5-8-16(3,21-4)15(20)18-14-7-6-13(22-11(2)19)9-12(14)10-17/h6-7,9H,5,8H2,1-4H3,(H,18,20)/t16-/m1/s1. The minimum absolute atomic E-state index is 0.210. The van der Waals surface area contributed by atoms with Gasteiger partial charge in [-0.2, -0.15) is 5.26 Å². The van der Waals surface area contributed by atoms with Crippen LogP contribution in [0.3, 0.4) is 0 Å². The van der Waals surface area contributed by atoms with Crippen molar-refractivity contribution in [2.45, 2.75) is 39.2 Å². The predicted molar refractivity (Wildman–Crippen MR) is 81.4 cm³/mol. The van der Waals surface area contributed by atoms with Gasteiger partial charge in [-0.3, -0.25) is 9.59 Å². The number of methoxy groups -OCH3 is 1. The Morgan fingerprint density at radius 2 is 2.09 bits per heavy atom. The van der Waals surface area contributed by atoms with E-state index in [2.05, 4.69) is 5.32 Å². The molecule has 0 aliphatic carbocycles. The second kappa shape index (κ2) is 7.57. The van der Waals surface area contributed by atoms with Crippen LogP contribution in [0.5, 0.6) is 5.75 Å². The van der Waals surface area contributed by atoms with Crippen LogP contribution < -0.4 is 10.1 Å². The van der Waals surface area contributed by atoms with Crippen LogP contribution in [0.1, 0.15) is 39.2 Å². The fourth-order valence-electron chi connectivity index (χ4n) is 1.99. The molecule has 0 heterocycles. The van der Waals surface area contributed by atoms with Gasteiger partial charge < -0.3 is 14.8 Å². The maximum atomic E-state index is 12.4. The fraction of sp³-hybridized carbons (Fsp3) is 0.438. The Morgan fingerprint density at radius 1 is 1.41 bits per heavy atom. The lowest BCUT2D eigenvalue weighted by Crippen LogP contribution is -2.41. The Morgan fingerprint density at radius 3 is 2.59 bits per heavy atom. The van der Waals surface area contributed by atoms with E-state index in [9.17, 15) is 14.9 Å². The third-order valence-electron chi connectivity index (χ3n) is 3.28. The summed E-state index contributed by atoms with van der Waals surface area (Å²) in [7, 11) is 1.48. The number of carbonyl (C=O) groups is 2. The van der Waals surface area contributed by atoms with Gasteiger partial charge in [0.05, 0.1) is 11.3 Å². The van der Waals surface area contributed by atoms with Crippen molar-refractivity contribution in [3.8, 4) is 11.8 Å². The summed E-state index contributed by atoms with van der Waals surface area (Å²) in [5, 5.41) is 11.9. The van der Waals surface area contributed by atoms with E-state index in [4.69, 9.17) is 9.47 Å². The number of nitrogens with zero attached hydrogens (tertiary/aromatic N) is 1. The molecule has 1 N–H and O–H groups in total.